The molecule has 1 aromatic carbocycles. The van der Waals surface area contributed by atoms with Gasteiger partial charge in [-0.1, -0.05) is 23.7 Å². The highest BCUT2D eigenvalue weighted by molar-refractivity contribution is 7.12. The van der Waals surface area contributed by atoms with Gasteiger partial charge in [-0.25, -0.2) is 0 Å². The molecule has 0 fully saturated rings. The molecule has 0 radical (unpaired) electrons. The number of thiophene rings is 1. The maximum absolute atomic E-state index is 12.1. The van der Waals surface area contributed by atoms with Crippen molar-refractivity contribution in [3.05, 3.63) is 51.2 Å². The highest BCUT2D eigenvalue weighted by Gasteiger charge is 2.16. The molecule has 0 aliphatic carbocycles. The topological polar surface area (TPSA) is 84.2 Å². The molecule has 2 rings (SSSR count). The number of carbonyl (C=O) groups excluding carboxylic acids is 2. The second-order valence-electron chi connectivity index (χ2n) is 4.14. The Morgan fingerprint density at radius 1 is 1.19 bits per heavy atom. The molecule has 1 aromatic heterocycles. The van der Waals surface area contributed by atoms with Crippen LogP contribution in [0.4, 0.5) is 5.69 Å². The van der Waals surface area contributed by atoms with Crippen LogP contribution in [0.1, 0.15) is 20.0 Å². The first-order chi connectivity index (χ1) is 10.1. The zero-order valence-electron chi connectivity index (χ0n) is 11.1. The molecule has 0 aliphatic heterocycles. The minimum atomic E-state index is -0.339. The fourth-order valence-corrected chi connectivity index (χ4v) is 2.74. The molecule has 0 spiro atoms. The molecule has 7 heteroatoms. The van der Waals surface area contributed by atoms with Crippen molar-refractivity contribution in [3.8, 4) is 0 Å². The van der Waals surface area contributed by atoms with Crippen molar-refractivity contribution >= 4 is 40.4 Å². The molecule has 0 aliphatic rings. The summed E-state index contributed by atoms with van der Waals surface area (Å²) in [7, 11) is 0. The van der Waals surface area contributed by atoms with E-state index in [0.29, 0.717) is 34.2 Å². The molecular formula is C14H14ClN3O2S. The van der Waals surface area contributed by atoms with E-state index in [9.17, 15) is 9.59 Å². The molecule has 5 nitrogen and oxygen atoms in total. The summed E-state index contributed by atoms with van der Waals surface area (Å²) in [4.78, 5) is 24.6. The summed E-state index contributed by atoms with van der Waals surface area (Å²) in [5.41, 5.74) is 6.17. The lowest BCUT2D eigenvalue weighted by molar-refractivity contribution is 0.0955. The zero-order chi connectivity index (χ0) is 15.2. The summed E-state index contributed by atoms with van der Waals surface area (Å²) in [6.45, 7) is 0.725. The Kier molecular flexibility index (Phi) is 5.32. The van der Waals surface area contributed by atoms with Crippen molar-refractivity contribution in [3.63, 3.8) is 0 Å². The number of nitrogens with two attached hydrogens (primary N) is 1. The maximum atomic E-state index is 12.1. The van der Waals surface area contributed by atoms with Crippen LogP contribution in [-0.2, 0) is 0 Å². The first kappa shape index (κ1) is 15.5. The highest BCUT2D eigenvalue weighted by Crippen LogP contribution is 2.24. The van der Waals surface area contributed by atoms with Gasteiger partial charge in [0.05, 0.1) is 16.3 Å². The van der Waals surface area contributed by atoms with Gasteiger partial charge < -0.3 is 16.4 Å². The molecule has 0 atom stereocenters. The van der Waals surface area contributed by atoms with Crippen LogP contribution in [0.15, 0.2) is 35.7 Å². The lowest BCUT2D eigenvalue weighted by Crippen LogP contribution is -2.29. The minimum Gasteiger partial charge on any atom is -0.351 e. The van der Waals surface area contributed by atoms with Gasteiger partial charge in [0.1, 0.15) is 4.88 Å². The highest BCUT2D eigenvalue weighted by atomic mass is 35.5. The smallest absolute Gasteiger partial charge is 0.267 e. The fraction of sp³-hybridized carbons (Fsp3) is 0.143. The summed E-state index contributed by atoms with van der Waals surface area (Å²) >= 11 is 7.17. The molecule has 2 amide bonds. The van der Waals surface area contributed by atoms with Crippen LogP contribution >= 0.6 is 22.9 Å². The van der Waals surface area contributed by atoms with Crippen molar-refractivity contribution in [1.82, 2.24) is 5.32 Å². The van der Waals surface area contributed by atoms with Crippen LogP contribution in [0.5, 0.6) is 0 Å². The van der Waals surface area contributed by atoms with Crippen molar-refractivity contribution in [2.75, 3.05) is 18.4 Å². The van der Waals surface area contributed by atoms with Crippen LogP contribution in [0.2, 0.25) is 5.02 Å². The third-order valence-corrected chi connectivity index (χ3v) is 4.01. The van der Waals surface area contributed by atoms with E-state index in [4.69, 9.17) is 17.3 Å². The Bertz CT molecular complexity index is 657. The van der Waals surface area contributed by atoms with Gasteiger partial charge in [0.15, 0.2) is 0 Å². The van der Waals surface area contributed by atoms with Crippen LogP contribution in [0.3, 0.4) is 0 Å². The van der Waals surface area contributed by atoms with Crippen molar-refractivity contribution < 1.29 is 9.59 Å². The van der Waals surface area contributed by atoms with E-state index in [1.165, 1.54) is 11.3 Å². The van der Waals surface area contributed by atoms with E-state index in [1.807, 2.05) is 0 Å². The second kappa shape index (κ2) is 7.21. The average molecular weight is 324 g/mol. The lowest BCUT2D eigenvalue weighted by atomic mass is 10.1. The average Bonchev–Trinajstić information content (AvgIpc) is 2.91. The summed E-state index contributed by atoms with van der Waals surface area (Å²) < 4.78 is 0. The molecular weight excluding hydrogens is 310 g/mol. The quantitative estimate of drug-likeness (QED) is 0.789. The summed E-state index contributed by atoms with van der Waals surface area (Å²) in [6.07, 6.45) is 0. The Hall–Kier alpha value is -1.89. The number of carbonyl (C=O) groups is 2. The number of anilines is 1. The number of para-hydroxylation sites is 1. The summed E-state index contributed by atoms with van der Waals surface area (Å²) in [6, 6.07) is 8.42. The SMILES string of the molecule is NCCNC(=O)c1ccccc1NC(=O)c1sccc1Cl. The molecule has 4 N–H and O–H groups in total. The lowest BCUT2D eigenvalue weighted by Gasteiger charge is -2.10. The Labute approximate surface area is 131 Å². The number of rotatable bonds is 5. The second-order valence-corrected chi connectivity index (χ2v) is 5.47. The maximum Gasteiger partial charge on any atom is 0.267 e. The van der Waals surface area contributed by atoms with E-state index in [1.54, 1.807) is 35.7 Å². The molecule has 110 valence electrons. The van der Waals surface area contributed by atoms with E-state index < -0.39 is 0 Å². The van der Waals surface area contributed by atoms with Gasteiger partial charge in [0.25, 0.3) is 11.8 Å². The molecule has 0 saturated heterocycles. The van der Waals surface area contributed by atoms with Crippen molar-refractivity contribution in [2.24, 2.45) is 5.73 Å². The van der Waals surface area contributed by atoms with E-state index >= 15 is 0 Å². The van der Waals surface area contributed by atoms with Crippen LogP contribution < -0.4 is 16.4 Å². The molecule has 0 saturated carbocycles. The normalized spacial score (nSPS) is 10.2. The van der Waals surface area contributed by atoms with Crippen LogP contribution in [0, 0.1) is 0 Å². The number of amides is 2. The van der Waals surface area contributed by atoms with Crippen molar-refractivity contribution in [1.29, 1.82) is 0 Å². The standard InChI is InChI=1S/C14H14ClN3O2S/c15-10-5-8-21-12(10)14(20)18-11-4-2-1-3-9(11)13(19)17-7-6-16/h1-5,8H,6-7,16H2,(H,17,19)(H,18,20). The van der Waals surface area contributed by atoms with Gasteiger partial charge >= 0.3 is 0 Å². The third-order valence-electron chi connectivity index (χ3n) is 2.67. The molecule has 1 heterocycles. The van der Waals surface area contributed by atoms with Gasteiger partial charge in [-0.3, -0.25) is 9.59 Å². The monoisotopic (exact) mass is 323 g/mol. The van der Waals surface area contributed by atoms with Gasteiger partial charge in [0.2, 0.25) is 0 Å². The minimum absolute atomic E-state index is 0.284. The molecule has 2 aromatic rings. The Balaban J connectivity index is 2.19. The van der Waals surface area contributed by atoms with Crippen LogP contribution in [-0.4, -0.2) is 24.9 Å². The molecule has 21 heavy (non-hydrogen) atoms. The van der Waals surface area contributed by atoms with Gasteiger partial charge in [0, 0.05) is 13.1 Å². The summed E-state index contributed by atoms with van der Waals surface area (Å²) in [5, 5.41) is 7.50. The van der Waals surface area contributed by atoms with E-state index in [-0.39, 0.29) is 11.8 Å². The molecule has 0 unspecified atom stereocenters. The third kappa shape index (κ3) is 3.81. The number of nitrogens with one attached hydrogen (secondary N) is 2. The van der Waals surface area contributed by atoms with E-state index in [2.05, 4.69) is 10.6 Å². The fourth-order valence-electron chi connectivity index (χ4n) is 1.71. The van der Waals surface area contributed by atoms with Crippen LogP contribution in [0.25, 0.3) is 0 Å². The number of hydrogen-bond donors (Lipinski definition) is 3. The van der Waals surface area contributed by atoms with Gasteiger partial charge in [-0.05, 0) is 23.6 Å². The zero-order valence-corrected chi connectivity index (χ0v) is 12.6. The Morgan fingerprint density at radius 3 is 2.62 bits per heavy atom. The van der Waals surface area contributed by atoms with Crippen molar-refractivity contribution in [2.45, 2.75) is 0 Å². The van der Waals surface area contributed by atoms with Gasteiger partial charge in [-0.2, -0.15) is 0 Å². The van der Waals surface area contributed by atoms with Gasteiger partial charge in [-0.15, -0.1) is 11.3 Å². The van der Waals surface area contributed by atoms with E-state index in [0.717, 1.165) is 0 Å². The largest absolute Gasteiger partial charge is 0.351 e. The number of halogens is 1. The first-order valence-electron chi connectivity index (χ1n) is 6.25. The Morgan fingerprint density at radius 2 is 1.95 bits per heavy atom. The number of benzene rings is 1. The summed E-state index contributed by atoms with van der Waals surface area (Å²) in [5.74, 6) is -0.622. The predicted octanol–water partition coefficient (Wildman–Crippen LogP) is 2.34. The predicted molar refractivity (Wildman–Crippen MR) is 85.1 cm³/mol. The molecule has 0 bridgehead atoms. The number of hydrogen-bond acceptors (Lipinski definition) is 4. The first-order valence-corrected chi connectivity index (χ1v) is 7.51.